The molecule has 0 aliphatic heterocycles. The van der Waals surface area contributed by atoms with E-state index in [4.69, 9.17) is 5.73 Å². The summed E-state index contributed by atoms with van der Waals surface area (Å²) in [6, 6.07) is -0.294. The maximum Gasteiger partial charge on any atom is 0.332 e. The molecule has 0 saturated carbocycles. The first kappa shape index (κ1) is 12.6. The molecule has 2 heterocycles. The highest BCUT2D eigenvalue weighted by Crippen LogP contribution is 2.15. The molecule has 0 saturated heterocycles. The largest absolute Gasteiger partial charge is 0.332 e. The summed E-state index contributed by atoms with van der Waals surface area (Å²) in [4.78, 5) is 28.2. The molecule has 0 fully saturated rings. The van der Waals surface area contributed by atoms with Crippen LogP contribution in [0.15, 0.2) is 9.59 Å². The lowest BCUT2D eigenvalue weighted by molar-refractivity contribution is 0.629. The van der Waals surface area contributed by atoms with Gasteiger partial charge in [-0.25, -0.2) is 9.78 Å². The number of fused-ring (bicyclic) bond motifs is 1. The molecule has 0 amide bonds. The molecular weight excluding hydrogens is 234 g/mol. The van der Waals surface area contributed by atoms with Gasteiger partial charge in [0, 0.05) is 20.6 Å². The molecule has 1 atom stereocenters. The number of rotatable bonds is 2. The Kier molecular flexibility index (Phi) is 2.86. The van der Waals surface area contributed by atoms with E-state index in [0.717, 1.165) is 4.57 Å². The highest BCUT2D eigenvalue weighted by Gasteiger charge is 2.19. The monoisotopic (exact) mass is 251 g/mol. The number of hydrogen-bond acceptors (Lipinski definition) is 4. The fourth-order valence-electron chi connectivity index (χ4n) is 2.17. The highest BCUT2D eigenvalue weighted by molar-refractivity contribution is 5.71. The van der Waals surface area contributed by atoms with E-state index in [0.29, 0.717) is 18.0 Å². The van der Waals surface area contributed by atoms with E-state index in [-0.39, 0.29) is 22.8 Å². The Morgan fingerprint density at radius 3 is 2.39 bits per heavy atom. The number of hydrogen-bond donors (Lipinski definition) is 1. The van der Waals surface area contributed by atoms with Crippen LogP contribution >= 0.6 is 0 Å². The Morgan fingerprint density at radius 1 is 1.28 bits per heavy atom. The minimum absolute atomic E-state index is 0.286. The third kappa shape index (κ3) is 1.51. The summed E-state index contributed by atoms with van der Waals surface area (Å²) in [6.07, 6.45) is 0. The highest BCUT2D eigenvalue weighted by atomic mass is 16.2. The van der Waals surface area contributed by atoms with Crippen LogP contribution in [0.25, 0.3) is 11.2 Å². The summed E-state index contributed by atoms with van der Waals surface area (Å²) in [7, 11) is 3.07. The molecule has 0 spiro atoms. The van der Waals surface area contributed by atoms with Crippen molar-refractivity contribution in [2.45, 2.75) is 26.4 Å². The molecule has 98 valence electrons. The lowest BCUT2D eigenvalue weighted by Gasteiger charge is -2.10. The van der Waals surface area contributed by atoms with Gasteiger partial charge in [-0.2, -0.15) is 0 Å². The van der Waals surface area contributed by atoms with Crippen LogP contribution in [0, 0.1) is 0 Å². The van der Waals surface area contributed by atoms with Crippen molar-refractivity contribution in [1.82, 2.24) is 18.7 Å². The van der Waals surface area contributed by atoms with Crippen molar-refractivity contribution in [2.75, 3.05) is 0 Å². The zero-order valence-corrected chi connectivity index (χ0v) is 11.0. The van der Waals surface area contributed by atoms with Crippen molar-refractivity contribution >= 4 is 11.2 Å². The van der Waals surface area contributed by atoms with Gasteiger partial charge in [-0.3, -0.25) is 13.9 Å². The zero-order valence-electron chi connectivity index (χ0n) is 11.0. The third-order valence-electron chi connectivity index (χ3n) is 3.09. The average Bonchev–Trinajstić information content (AvgIpc) is 2.73. The molecule has 2 aromatic rings. The molecule has 0 aromatic carbocycles. The Labute approximate surface area is 103 Å². The normalized spacial score (nSPS) is 13.2. The number of nitrogens with zero attached hydrogens (tertiary/aromatic N) is 4. The van der Waals surface area contributed by atoms with Gasteiger partial charge in [0.2, 0.25) is 0 Å². The van der Waals surface area contributed by atoms with Gasteiger partial charge in [0.15, 0.2) is 5.52 Å². The molecule has 2 N–H and O–H groups in total. The van der Waals surface area contributed by atoms with Crippen molar-refractivity contribution in [3.63, 3.8) is 0 Å². The second-order valence-electron chi connectivity index (χ2n) is 4.38. The van der Waals surface area contributed by atoms with Crippen LogP contribution in [0.1, 0.15) is 25.7 Å². The van der Waals surface area contributed by atoms with Crippen LogP contribution in [0.3, 0.4) is 0 Å². The van der Waals surface area contributed by atoms with Crippen molar-refractivity contribution in [3.05, 3.63) is 26.7 Å². The summed E-state index contributed by atoms with van der Waals surface area (Å²) in [5, 5.41) is 0. The fourth-order valence-corrected chi connectivity index (χ4v) is 2.17. The second kappa shape index (κ2) is 4.09. The van der Waals surface area contributed by atoms with Gasteiger partial charge in [-0.15, -0.1) is 0 Å². The average molecular weight is 251 g/mol. The summed E-state index contributed by atoms with van der Waals surface area (Å²) in [5.41, 5.74) is 5.91. The molecule has 0 aliphatic rings. The van der Waals surface area contributed by atoms with Gasteiger partial charge < -0.3 is 10.3 Å². The maximum atomic E-state index is 12.0. The van der Waals surface area contributed by atoms with Crippen LogP contribution < -0.4 is 17.0 Å². The molecule has 2 aromatic heterocycles. The molecule has 0 aliphatic carbocycles. The number of imidazole rings is 1. The molecule has 7 heteroatoms. The number of aryl methyl sites for hydroxylation is 2. The van der Waals surface area contributed by atoms with Gasteiger partial charge in [-0.05, 0) is 13.8 Å². The molecule has 18 heavy (non-hydrogen) atoms. The molecule has 1 unspecified atom stereocenters. The van der Waals surface area contributed by atoms with Crippen molar-refractivity contribution in [2.24, 2.45) is 19.8 Å². The zero-order chi connectivity index (χ0) is 13.6. The van der Waals surface area contributed by atoms with E-state index in [1.165, 1.54) is 11.6 Å². The van der Waals surface area contributed by atoms with E-state index < -0.39 is 0 Å². The van der Waals surface area contributed by atoms with E-state index in [2.05, 4.69) is 4.98 Å². The van der Waals surface area contributed by atoms with E-state index in [1.807, 2.05) is 11.5 Å². The first-order valence-electron chi connectivity index (χ1n) is 5.81. The van der Waals surface area contributed by atoms with Gasteiger partial charge in [0.05, 0.1) is 6.04 Å². The van der Waals surface area contributed by atoms with Crippen molar-refractivity contribution in [3.8, 4) is 0 Å². The molecule has 7 nitrogen and oxygen atoms in total. The van der Waals surface area contributed by atoms with Crippen LogP contribution in [0.2, 0.25) is 0 Å². The Bertz CT molecular complexity index is 720. The van der Waals surface area contributed by atoms with Gasteiger partial charge >= 0.3 is 5.69 Å². The van der Waals surface area contributed by atoms with Crippen molar-refractivity contribution in [1.29, 1.82) is 0 Å². The summed E-state index contributed by atoms with van der Waals surface area (Å²) < 4.78 is 4.29. The predicted octanol–water partition coefficient (Wildman–Crippen LogP) is -0.527. The van der Waals surface area contributed by atoms with E-state index in [9.17, 15) is 9.59 Å². The predicted molar refractivity (Wildman–Crippen MR) is 68.5 cm³/mol. The molecule has 0 radical (unpaired) electrons. The van der Waals surface area contributed by atoms with E-state index in [1.54, 1.807) is 14.0 Å². The second-order valence-corrected chi connectivity index (χ2v) is 4.38. The summed E-state index contributed by atoms with van der Waals surface area (Å²) >= 11 is 0. The van der Waals surface area contributed by atoms with Gasteiger partial charge in [0.1, 0.15) is 11.5 Å². The first-order valence-corrected chi connectivity index (χ1v) is 5.81. The Hall–Kier alpha value is -1.89. The maximum absolute atomic E-state index is 12.0. The summed E-state index contributed by atoms with van der Waals surface area (Å²) in [6.45, 7) is 4.33. The summed E-state index contributed by atoms with van der Waals surface area (Å²) in [5.74, 6) is 0.616. The molecular formula is C11H17N5O2. The minimum atomic E-state index is -0.387. The topological polar surface area (TPSA) is 87.8 Å². The SMILES string of the molecule is CCn1c(C(C)N)nc2c(=O)n(C)c(=O)n(C)c21. The standard InChI is InChI=1S/C11H17N5O2/c1-5-16-8(6(2)12)13-7-9(16)14(3)11(18)15(4)10(7)17/h6H,5,12H2,1-4H3. The molecule has 0 bridgehead atoms. The molecule has 2 rings (SSSR count). The Morgan fingerprint density at radius 2 is 1.89 bits per heavy atom. The number of aromatic nitrogens is 4. The fraction of sp³-hybridized carbons (Fsp3) is 0.545. The Balaban J connectivity index is 3.08. The lowest BCUT2D eigenvalue weighted by Crippen LogP contribution is -2.37. The van der Waals surface area contributed by atoms with Crippen LogP contribution in [-0.4, -0.2) is 18.7 Å². The van der Waals surface area contributed by atoms with Crippen LogP contribution in [-0.2, 0) is 20.6 Å². The van der Waals surface area contributed by atoms with Crippen LogP contribution in [0.4, 0.5) is 0 Å². The quantitative estimate of drug-likeness (QED) is 0.777. The van der Waals surface area contributed by atoms with Gasteiger partial charge in [0.25, 0.3) is 5.56 Å². The first-order chi connectivity index (χ1) is 8.40. The number of nitrogens with two attached hydrogens (primary N) is 1. The van der Waals surface area contributed by atoms with E-state index >= 15 is 0 Å². The minimum Gasteiger partial charge on any atom is -0.322 e. The van der Waals surface area contributed by atoms with Gasteiger partial charge in [-0.1, -0.05) is 0 Å². The van der Waals surface area contributed by atoms with Crippen molar-refractivity contribution < 1.29 is 0 Å². The lowest BCUT2D eigenvalue weighted by atomic mass is 10.3. The third-order valence-corrected chi connectivity index (χ3v) is 3.09. The smallest absolute Gasteiger partial charge is 0.322 e. The van der Waals surface area contributed by atoms with Crippen LogP contribution in [0.5, 0.6) is 0 Å².